The molecule has 1 rings (SSSR count). The van der Waals surface area contributed by atoms with E-state index in [9.17, 15) is 4.79 Å². The van der Waals surface area contributed by atoms with Gasteiger partial charge in [-0.25, -0.2) is 0 Å². The van der Waals surface area contributed by atoms with Crippen molar-refractivity contribution in [3.8, 4) is 0 Å². The first-order valence-corrected chi connectivity index (χ1v) is 6.84. The van der Waals surface area contributed by atoms with E-state index >= 15 is 0 Å². The standard InChI is InChI=1S/C16H25NO/c1-12(2)16(18)15(17-13(3)4)11-10-14-8-6-5-7-9-14/h5-9,12-13,15,17H,10-11H2,1-4H3/t15-/m1/s1. The van der Waals surface area contributed by atoms with Crippen LogP contribution in [0.1, 0.15) is 39.7 Å². The molecule has 1 aromatic rings. The molecule has 18 heavy (non-hydrogen) atoms. The zero-order chi connectivity index (χ0) is 13.5. The van der Waals surface area contributed by atoms with Gasteiger partial charge in [-0.2, -0.15) is 0 Å². The van der Waals surface area contributed by atoms with Crippen molar-refractivity contribution in [1.29, 1.82) is 0 Å². The van der Waals surface area contributed by atoms with Crippen LogP contribution in [0.4, 0.5) is 0 Å². The Hall–Kier alpha value is -1.15. The number of aryl methyl sites for hydroxylation is 1. The summed E-state index contributed by atoms with van der Waals surface area (Å²) in [4.78, 5) is 12.1. The maximum atomic E-state index is 12.1. The summed E-state index contributed by atoms with van der Waals surface area (Å²) in [6.45, 7) is 8.12. The lowest BCUT2D eigenvalue weighted by Crippen LogP contribution is -2.43. The maximum Gasteiger partial charge on any atom is 0.152 e. The predicted molar refractivity (Wildman–Crippen MR) is 76.7 cm³/mol. The van der Waals surface area contributed by atoms with Gasteiger partial charge in [0.25, 0.3) is 0 Å². The van der Waals surface area contributed by atoms with Crippen molar-refractivity contribution < 1.29 is 4.79 Å². The summed E-state index contributed by atoms with van der Waals surface area (Å²) in [5, 5.41) is 3.38. The Bertz CT molecular complexity index is 357. The number of ketones is 1. The molecular weight excluding hydrogens is 222 g/mol. The third-order valence-corrected chi connectivity index (χ3v) is 3.01. The third kappa shape index (κ3) is 5.01. The molecular formula is C16H25NO. The molecule has 0 unspecified atom stereocenters. The van der Waals surface area contributed by atoms with E-state index in [1.807, 2.05) is 32.0 Å². The molecule has 0 saturated heterocycles. The molecule has 0 saturated carbocycles. The van der Waals surface area contributed by atoms with Gasteiger partial charge in [0.05, 0.1) is 6.04 Å². The highest BCUT2D eigenvalue weighted by molar-refractivity contribution is 5.85. The molecule has 1 atom stereocenters. The fraction of sp³-hybridized carbons (Fsp3) is 0.562. The van der Waals surface area contributed by atoms with Crippen LogP contribution in [-0.4, -0.2) is 17.9 Å². The Labute approximate surface area is 111 Å². The SMILES string of the molecule is CC(C)N[C@H](CCc1ccccc1)C(=O)C(C)C. The van der Waals surface area contributed by atoms with Crippen LogP contribution in [0.2, 0.25) is 0 Å². The summed E-state index contributed by atoms with van der Waals surface area (Å²) in [6, 6.07) is 10.7. The van der Waals surface area contributed by atoms with E-state index in [0.29, 0.717) is 11.8 Å². The van der Waals surface area contributed by atoms with E-state index in [-0.39, 0.29) is 12.0 Å². The Kier molecular flexibility index (Phi) is 6.06. The summed E-state index contributed by atoms with van der Waals surface area (Å²) >= 11 is 0. The number of Topliss-reactive ketones (excluding diaryl/α,β-unsaturated/α-hetero) is 1. The summed E-state index contributed by atoms with van der Waals surface area (Å²) in [5.41, 5.74) is 1.30. The summed E-state index contributed by atoms with van der Waals surface area (Å²) in [6.07, 6.45) is 1.82. The van der Waals surface area contributed by atoms with E-state index < -0.39 is 0 Å². The lowest BCUT2D eigenvalue weighted by atomic mass is 9.95. The first kappa shape index (κ1) is 14.9. The number of nitrogens with one attached hydrogen (secondary N) is 1. The molecule has 0 aromatic heterocycles. The van der Waals surface area contributed by atoms with Gasteiger partial charge in [-0.1, -0.05) is 58.0 Å². The summed E-state index contributed by atoms with van der Waals surface area (Å²) < 4.78 is 0. The number of hydrogen-bond donors (Lipinski definition) is 1. The highest BCUT2D eigenvalue weighted by atomic mass is 16.1. The topological polar surface area (TPSA) is 29.1 Å². The molecule has 2 heteroatoms. The van der Waals surface area contributed by atoms with E-state index in [1.54, 1.807) is 0 Å². The molecule has 0 fully saturated rings. The number of benzene rings is 1. The van der Waals surface area contributed by atoms with Gasteiger partial charge in [-0.15, -0.1) is 0 Å². The molecule has 2 nitrogen and oxygen atoms in total. The fourth-order valence-corrected chi connectivity index (χ4v) is 2.07. The molecule has 1 N–H and O–H groups in total. The van der Waals surface area contributed by atoms with Gasteiger partial charge < -0.3 is 5.32 Å². The van der Waals surface area contributed by atoms with Crippen LogP contribution in [0.3, 0.4) is 0 Å². The van der Waals surface area contributed by atoms with E-state index in [2.05, 4.69) is 31.3 Å². The third-order valence-electron chi connectivity index (χ3n) is 3.01. The first-order chi connectivity index (χ1) is 8.50. The van der Waals surface area contributed by atoms with Crippen molar-refractivity contribution in [2.75, 3.05) is 0 Å². The Morgan fingerprint density at radius 2 is 1.72 bits per heavy atom. The van der Waals surface area contributed by atoms with Crippen molar-refractivity contribution in [2.45, 2.75) is 52.6 Å². The maximum absolute atomic E-state index is 12.1. The van der Waals surface area contributed by atoms with Crippen LogP contribution in [-0.2, 0) is 11.2 Å². The molecule has 1 aromatic carbocycles. The highest BCUT2D eigenvalue weighted by Gasteiger charge is 2.21. The molecule has 0 radical (unpaired) electrons. The van der Waals surface area contributed by atoms with Crippen LogP contribution in [0, 0.1) is 5.92 Å². The number of hydrogen-bond acceptors (Lipinski definition) is 2. The Morgan fingerprint density at radius 1 is 1.11 bits per heavy atom. The van der Waals surface area contributed by atoms with Gasteiger partial charge in [0.1, 0.15) is 0 Å². The smallest absolute Gasteiger partial charge is 0.152 e. The molecule has 0 amide bonds. The summed E-state index contributed by atoms with van der Waals surface area (Å²) in [7, 11) is 0. The zero-order valence-electron chi connectivity index (χ0n) is 11.9. The quantitative estimate of drug-likeness (QED) is 0.801. The van der Waals surface area contributed by atoms with E-state index in [4.69, 9.17) is 0 Å². The first-order valence-electron chi connectivity index (χ1n) is 6.84. The van der Waals surface area contributed by atoms with Crippen molar-refractivity contribution in [1.82, 2.24) is 5.32 Å². The molecule has 100 valence electrons. The van der Waals surface area contributed by atoms with Crippen LogP contribution >= 0.6 is 0 Å². The minimum absolute atomic E-state index is 0.0230. The second-order valence-electron chi connectivity index (χ2n) is 5.46. The molecule has 0 aliphatic heterocycles. The van der Waals surface area contributed by atoms with Crippen LogP contribution < -0.4 is 5.32 Å². The zero-order valence-corrected chi connectivity index (χ0v) is 11.9. The fourth-order valence-electron chi connectivity index (χ4n) is 2.07. The average molecular weight is 247 g/mol. The monoisotopic (exact) mass is 247 g/mol. The minimum atomic E-state index is -0.0230. The van der Waals surface area contributed by atoms with Crippen molar-refractivity contribution in [3.63, 3.8) is 0 Å². The van der Waals surface area contributed by atoms with Crippen molar-refractivity contribution in [3.05, 3.63) is 35.9 Å². The van der Waals surface area contributed by atoms with Crippen LogP contribution in [0.25, 0.3) is 0 Å². The number of rotatable bonds is 7. The average Bonchev–Trinajstić information content (AvgIpc) is 2.34. The normalized spacial score (nSPS) is 13.0. The molecule has 0 heterocycles. The highest BCUT2D eigenvalue weighted by Crippen LogP contribution is 2.10. The number of carbonyl (C=O) groups is 1. The molecule has 0 aliphatic carbocycles. The van der Waals surface area contributed by atoms with Gasteiger partial charge in [-0.3, -0.25) is 4.79 Å². The molecule has 0 spiro atoms. The molecule has 0 aliphatic rings. The molecule has 0 bridgehead atoms. The lowest BCUT2D eigenvalue weighted by Gasteiger charge is -2.22. The summed E-state index contributed by atoms with van der Waals surface area (Å²) in [5.74, 6) is 0.414. The van der Waals surface area contributed by atoms with Gasteiger partial charge >= 0.3 is 0 Å². The van der Waals surface area contributed by atoms with Gasteiger partial charge in [0, 0.05) is 12.0 Å². The lowest BCUT2D eigenvalue weighted by molar-refractivity contribution is -0.124. The van der Waals surface area contributed by atoms with E-state index in [0.717, 1.165) is 12.8 Å². The van der Waals surface area contributed by atoms with Crippen LogP contribution in [0.5, 0.6) is 0 Å². The van der Waals surface area contributed by atoms with Crippen molar-refractivity contribution in [2.24, 2.45) is 5.92 Å². The predicted octanol–water partition coefficient (Wildman–Crippen LogP) is 3.21. The second-order valence-corrected chi connectivity index (χ2v) is 5.46. The van der Waals surface area contributed by atoms with E-state index in [1.165, 1.54) is 5.56 Å². The Balaban J connectivity index is 2.59. The number of carbonyl (C=O) groups excluding carboxylic acids is 1. The van der Waals surface area contributed by atoms with Gasteiger partial charge in [0.15, 0.2) is 5.78 Å². The second kappa shape index (κ2) is 7.32. The van der Waals surface area contributed by atoms with Crippen molar-refractivity contribution >= 4 is 5.78 Å². The Morgan fingerprint density at radius 3 is 2.22 bits per heavy atom. The van der Waals surface area contributed by atoms with Gasteiger partial charge in [0.2, 0.25) is 0 Å². The largest absolute Gasteiger partial charge is 0.305 e. The minimum Gasteiger partial charge on any atom is -0.305 e. The van der Waals surface area contributed by atoms with Crippen LogP contribution in [0.15, 0.2) is 30.3 Å². The van der Waals surface area contributed by atoms with Gasteiger partial charge in [-0.05, 0) is 18.4 Å².